The molecule has 0 aliphatic heterocycles. The number of hydrogen-bond donors (Lipinski definition) is 2. The van der Waals surface area contributed by atoms with Crippen LogP contribution in [0.1, 0.15) is 40.2 Å². The summed E-state index contributed by atoms with van der Waals surface area (Å²) >= 11 is 0. The first-order chi connectivity index (χ1) is 13.8. The van der Waals surface area contributed by atoms with Gasteiger partial charge in [0.15, 0.2) is 5.69 Å². The van der Waals surface area contributed by atoms with Gasteiger partial charge in [0.05, 0.1) is 6.21 Å². The molecule has 0 atom stereocenters. The van der Waals surface area contributed by atoms with Crippen molar-refractivity contribution in [3.63, 3.8) is 0 Å². The number of hydrazone groups is 1. The van der Waals surface area contributed by atoms with Gasteiger partial charge in [-0.2, -0.15) is 10.2 Å². The van der Waals surface area contributed by atoms with Gasteiger partial charge in [-0.25, -0.2) is 5.43 Å². The average molecular weight is 368 g/mol. The monoisotopic (exact) mass is 368 g/mol. The summed E-state index contributed by atoms with van der Waals surface area (Å²) in [5, 5.41) is 16.0. The lowest BCUT2D eigenvalue weighted by atomic mass is 9.96. The lowest BCUT2D eigenvalue weighted by Crippen LogP contribution is -2.20. The predicted octanol–water partition coefficient (Wildman–Crippen LogP) is 4.36. The minimum absolute atomic E-state index is 0.264. The number of aromatic amines is 1. The van der Waals surface area contributed by atoms with Crippen LogP contribution in [-0.2, 0) is 12.8 Å². The van der Waals surface area contributed by atoms with Gasteiger partial charge < -0.3 is 0 Å². The molecule has 0 spiro atoms. The minimum Gasteiger partial charge on any atom is -0.281 e. The molecule has 0 fully saturated rings. The molecule has 1 aliphatic carbocycles. The van der Waals surface area contributed by atoms with Crippen LogP contribution in [0.15, 0.2) is 59.7 Å². The summed E-state index contributed by atoms with van der Waals surface area (Å²) in [4.78, 5) is 12.6. The van der Waals surface area contributed by atoms with E-state index in [1.807, 2.05) is 24.3 Å². The number of carbonyl (C=O) groups is 1. The fourth-order valence-electron chi connectivity index (χ4n) is 4.07. The summed E-state index contributed by atoms with van der Waals surface area (Å²) < 4.78 is 0. The second-order valence-corrected chi connectivity index (χ2v) is 7.17. The maximum atomic E-state index is 12.6. The summed E-state index contributed by atoms with van der Waals surface area (Å²) in [7, 11) is 0. The number of aromatic nitrogens is 2. The number of hydrogen-bond acceptors (Lipinski definition) is 3. The number of aryl methyl sites for hydroxylation is 1. The molecule has 5 heteroatoms. The third kappa shape index (κ3) is 2.85. The highest BCUT2D eigenvalue weighted by atomic mass is 16.2. The Morgan fingerprint density at radius 3 is 2.43 bits per heavy atom. The number of fused-ring (bicyclic) bond motifs is 3. The molecule has 3 aromatic carbocycles. The number of benzene rings is 3. The van der Waals surface area contributed by atoms with Crippen molar-refractivity contribution in [2.24, 2.45) is 5.10 Å². The molecule has 28 heavy (non-hydrogen) atoms. The van der Waals surface area contributed by atoms with E-state index in [0.717, 1.165) is 64.0 Å². The van der Waals surface area contributed by atoms with Gasteiger partial charge in [-0.05, 0) is 53.3 Å². The van der Waals surface area contributed by atoms with Crippen LogP contribution in [0.25, 0.3) is 21.5 Å². The molecule has 1 aliphatic rings. The van der Waals surface area contributed by atoms with Crippen molar-refractivity contribution >= 4 is 33.7 Å². The first-order valence-corrected chi connectivity index (χ1v) is 9.61. The molecule has 0 bridgehead atoms. The van der Waals surface area contributed by atoms with Crippen LogP contribution in [0, 0.1) is 0 Å². The number of amides is 1. The summed E-state index contributed by atoms with van der Waals surface area (Å²) in [5.74, 6) is -0.264. The molecule has 0 unspecified atom stereocenters. The SMILES string of the molecule is O=C(N/N=C/c1c2ccccc2cc2ccccc12)c1n[nH]c2c1CCCC2. The van der Waals surface area contributed by atoms with E-state index < -0.39 is 0 Å². The van der Waals surface area contributed by atoms with E-state index in [-0.39, 0.29) is 5.91 Å². The molecule has 2 N–H and O–H groups in total. The van der Waals surface area contributed by atoms with Gasteiger partial charge in [0.25, 0.3) is 5.91 Å². The number of rotatable bonds is 3. The van der Waals surface area contributed by atoms with E-state index in [9.17, 15) is 4.79 Å². The smallest absolute Gasteiger partial charge is 0.281 e. The van der Waals surface area contributed by atoms with Gasteiger partial charge in [-0.3, -0.25) is 9.89 Å². The second kappa shape index (κ2) is 6.93. The first kappa shape index (κ1) is 16.7. The fourth-order valence-corrected chi connectivity index (χ4v) is 4.07. The fraction of sp³-hybridized carbons (Fsp3) is 0.174. The normalized spacial score (nSPS) is 13.9. The zero-order valence-electron chi connectivity index (χ0n) is 15.4. The number of H-pyrrole nitrogens is 1. The van der Waals surface area contributed by atoms with E-state index in [1.54, 1.807) is 6.21 Å². The maximum absolute atomic E-state index is 12.6. The average Bonchev–Trinajstić information content (AvgIpc) is 3.17. The van der Waals surface area contributed by atoms with Crippen LogP contribution >= 0.6 is 0 Å². The van der Waals surface area contributed by atoms with E-state index in [2.05, 4.69) is 51.1 Å². The zero-order valence-corrected chi connectivity index (χ0v) is 15.4. The molecule has 4 aromatic rings. The van der Waals surface area contributed by atoms with Gasteiger partial charge >= 0.3 is 0 Å². The van der Waals surface area contributed by atoms with Gasteiger partial charge in [0.1, 0.15) is 0 Å². The van der Waals surface area contributed by atoms with Crippen LogP contribution in [0.5, 0.6) is 0 Å². The van der Waals surface area contributed by atoms with Gasteiger partial charge in [-0.1, -0.05) is 48.5 Å². The molecule has 1 amide bonds. The Hall–Kier alpha value is -3.47. The molecule has 0 saturated heterocycles. The summed E-state index contributed by atoms with van der Waals surface area (Å²) in [6, 6.07) is 18.6. The Labute approximate surface area is 162 Å². The van der Waals surface area contributed by atoms with Crippen molar-refractivity contribution in [1.29, 1.82) is 0 Å². The van der Waals surface area contributed by atoms with Crippen molar-refractivity contribution in [3.8, 4) is 0 Å². The highest BCUT2D eigenvalue weighted by molar-refractivity contribution is 6.13. The van der Waals surface area contributed by atoms with Crippen LogP contribution in [-0.4, -0.2) is 22.3 Å². The van der Waals surface area contributed by atoms with Crippen molar-refractivity contribution in [3.05, 3.63) is 77.1 Å². The largest absolute Gasteiger partial charge is 0.292 e. The van der Waals surface area contributed by atoms with Gasteiger partial charge in [0, 0.05) is 16.8 Å². The molecule has 0 radical (unpaired) electrons. The third-order valence-electron chi connectivity index (χ3n) is 5.44. The van der Waals surface area contributed by atoms with Crippen molar-refractivity contribution in [1.82, 2.24) is 15.6 Å². The molecule has 0 saturated carbocycles. The molecule has 5 nitrogen and oxygen atoms in total. The molecule has 1 aromatic heterocycles. The van der Waals surface area contributed by atoms with Crippen molar-refractivity contribution in [2.75, 3.05) is 0 Å². The predicted molar refractivity (Wildman–Crippen MR) is 112 cm³/mol. The van der Waals surface area contributed by atoms with Crippen LogP contribution in [0.3, 0.4) is 0 Å². The maximum Gasteiger partial charge on any atom is 0.292 e. The van der Waals surface area contributed by atoms with E-state index in [4.69, 9.17) is 0 Å². The molecule has 138 valence electrons. The van der Waals surface area contributed by atoms with Crippen molar-refractivity contribution < 1.29 is 4.79 Å². The number of nitrogens with zero attached hydrogens (tertiary/aromatic N) is 2. The summed E-state index contributed by atoms with van der Waals surface area (Å²) in [6.45, 7) is 0. The molecular weight excluding hydrogens is 348 g/mol. The topological polar surface area (TPSA) is 70.1 Å². The summed E-state index contributed by atoms with van der Waals surface area (Å²) in [6.07, 6.45) is 5.83. The Morgan fingerprint density at radius 2 is 1.68 bits per heavy atom. The van der Waals surface area contributed by atoms with Crippen LogP contribution in [0.2, 0.25) is 0 Å². The van der Waals surface area contributed by atoms with Gasteiger partial charge in [0.2, 0.25) is 0 Å². The standard InChI is InChI=1S/C23H20N4O/c28-23(22-19-11-5-6-12-21(19)25-26-22)27-24-14-20-17-9-3-1-7-15(17)13-16-8-2-4-10-18(16)20/h1-4,7-10,13-14H,5-6,11-12H2,(H,25,26)(H,27,28)/b24-14+. The quantitative estimate of drug-likeness (QED) is 0.320. The Balaban J connectivity index is 1.48. The molecule has 1 heterocycles. The Morgan fingerprint density at radius 1 is 1.00 bits per heavy atom. The molecular formula is C23H20N4O. The highest BCUT2D eigenvalue weighted by Crippen LogP contribution is 2.27. The molecule has 5 rings (SSSR count). The van der Waals surface area contributed by atoms with E-state index in [1.165, 1.54) is 0 Å². The van der Waals surface area contributed by atoms with Crippen molar-refractivity contribution in [2.45, 2.75) is 25.7 Å². The zero-order chi connectivity index (χ0) is 18.9. The van der Waals surface area contributed by atoms with E-state index in [0.29, 0.717) is 5.69 Å². The van der Waals surface area contributed by atoms with Gasteiger partial charge in [-0.15, -0.1) is 0 Å². The Bertz CT molecular complexity index is 1170. The van der Waals surface area contributed by atoms with E-state index >= 15 is 0 Å². The summed E-state index contributed by atoms with van der Waals surface area (Å²) in [5.41, 5.74) is 6.25. The number of carbonyl (C=O) groups excluding carboxylic acids is 1. The number of nitrogens with one attached hydrogen (secondary N) is 2. The highest BCUT2D eigenvalue weighted by Gasteiger charge is 2.21. The Kier molecular flexibility index (Phi) is 4.13. The second-order valence-electron chi connectivity index (χ2n) is 7.17. The van der Waals surface area contributed by atoms with Crippen LogP contribution < -0.4 is 5.43 Å². The lowest BCUT2D eigenvalue weighted by Gasteiger charge is -2.10. The first-order valence-electron chi connectivity index (χ1n) is 9.61. The minimum atomic E-state index is -0.264. The lowest BCUT2D eigenvalue weighted by molar-refractivity contribution is 0.0949. The van der Waals surface area contributed by atoms with Crippen LogP contribution in [0.4, 0.5) is 0 Å². The third-order valence-corrected chi connectivity index (χ3v) is 5.44.